The number of carbonyl (C=O) groups is 1. The first kappa shape index (κ1) is 21.1. The van der Waals surface area contributed by atoms with Crippen LogP contribution in [0, 0.1) is 12.3 Å². The van der Waals surface area contributed by atoms with Crippen molar-refractivity contribution in [2.75, 3.05) is 36.9 Å². The Labute approximate surface area is 170 Å². The number of primary amides is 1. The highest BCUT2D eigenvalue weighted by Gasteiger charge is 2.38. The number of aryl methyl sites for hydroxylation is 1. The van der Waals surface area contributed by atoms with Crippen molar-refractivity contribution >= 4 is 28.9 Å². The number of rotatable bonds is 1. The van der Waals surface area contributed by atoms with Crippen LogP contribution in [-0.4, -0.2) is 58.2 Å². The zero-order valence-corrected chi connectivity index (χ0v) is 17.6. The van der Waals surface area contributed by atoms with Crippen LogP contribution in [0.2, 0.25) is 0 Å². The molecule has 2 fully saturated rings. The van der Waals surface area contributed by atoms with Crippen LogP contribution in [0.4, 0.5) is 16.4 Å². The molecule has 4 heterocycles. The Balaban J connectivity index is 0.000000258. The normalized spacial score (nSPS) is 18.6. The first-order valence-corrected chi connectivity index (χ1v) is 9.88. The number of nitrogen functional groups attached to an aromatic ring is 1. The molecule has 0 atom stereocenters. The lowest BCUT2D eigenvalue weighted by Crippen LogP contribution is -2.41. The van der Waals surface area contributed by atoms with Gasteiger partial charge < -0.3 is 25.8 Å². The standard InChI is InChI=1S/C14H20N6O.C5H11NO2/c1-9-13(17-12-10(16-9)11(15)18-19-12)20-5-2-14(3-6-20)4-7-21-8-14;1-5(2,3)8-4(6)7/h2-8H2,1H3,(H3,15,17,18,19);1-3H3,(H2,6,7). The minimum Gasteiger partial charge on any atom is -0.444 e. The number of hydrogen-bond donors (Lipinski definition) is 3. The Morgan fingerprint density at radius 2 is 1.93 bits per heavy atom. The van der Waals surface area contributed by atoms with Crippen molar-refractivity contribution in [1.82, 2.24) is 20.2 Å². The highest BCUT2D eigenvalue weighted by Crippen LogP contribution is 2.40. The molecule has 0 bridgehead atoms. The SMILES string of the molecule is CC(C)(C)OC(N)=O.Cc1nc2c(N)[nH]nc2nc1N1CCC2(CCOC2)CC1. The zero-order valence-electron chi connectivity index (χ0n) is 17.6. The number of H-pyrrole nitrogens is 1. The molecule has 29 heavy (non-hydrogen) atoms. The lowest BCUT2D eigenvalue weighted by atomic mass is 9.78. The number of amides is 1. The summed E-state index contributed by atoms with van der Waals surface area (Å²) in [5.74, 6) is 1.41. The number of aromatic amines is 1. The fourth-order valence-corrected chi connectivity index (χ4v) is 3.76. The van der Waals surface area contributed by atoms with Gasteiger partial charge in [-0.2, -0.15) is 5.10 Å². The number of nitrogens with zero attached hydrogens (tertiary/aromatic N) is 4. The number of aromatic nitrogens is 4. The van der Waals surface area contributed by atoms with Crippen LogP contribution in [0.1, 0.15) is 45.7 Å². The van der Waals surface area contributed by atoms with E-state index in [-0.39, 0.29) is 0 Å². The molecule has 10 nitrogen and oxygen atoms in total. The Hall–Kier alpha value is -2.62. The maximum atomic E-state index is 10.0. The number of ether oxygens (including phenoxy) is 2. The van der Waals surface area contributed by atoms with Gasteiger partial charge in [-0.15, -0.1) is 0 Å². The molecule has 0 aliphatic carbocycles. The largest absolute Gasteiger partial charge is 0.444 e. The summed E-state index contributed by atoms with van der Waals surface area (Å²) in [6.07, 6.45) is 2.79. The predicted molar refractivity (Wildman–Crippen MR) is 111 cm³/mol. The van der Waals surface area contributed by atoms with E-state index in [1.54, 1.807) is 20.8 Å². The van der Waals surface area contributed by atoms with Crippen molar-refractivity contribution in [3.63, 3.8) is 0 Å². The minimum absolute atomic E-state index is 0.401. The molecule has 1 spiro atoms. The van der Waals surface area contributed by atoms with E-state index < -0.39 is 11.7 Å². The van der Waals surface area contributed by atoms with Crippen molar-refractivity contribution in [2.45, 2.75) is 52.6 Å². The Bertz CT molecular complexity index is 859. The molecule has 4 rings (SSSR count). The van der Waals surface area contributed by atoms with Crippen molar-refractivity contribution in [1.29, 1.82) is 0 Å². The second-order valence-corrected chi connectivity index (χ2v) is 8.77. The van der Waals surface area contributed by atoms with Crippen LogP contribution >= 0.6 is 0 Å². The van der Waals surface area contributed by atoms with Gasteiger partial charge in [-0.1, -0.05) is 0 Å². The second kappa shape index (κ2) is 8.02. The van der Waals surface area contributed by atoms with E-state index in [1.807, 2.05) is 6.92 Å². The minimum atomic E-state index is -0.725. The zero-order chi connectivity index (χ0) is 21.2. The topological polar surface area (TPSA) is 145 Å². The third kappa shape index (κ3) is 5.06. The van der Waals surface area contributed by atoms with Gasteiger partial charge in [-0.05, 0) is 52.4 Å². The van der Waals surface area contributed by atoms with Gasteiger partial charge in [-0.25, -0.2) is 14.8 Å². The smallest absolute Gasteiger partial charge is 0.405 e. The van der Waals surface area contributed by atoms with Gasteiger partial charge in [-0.3, -0.25) is 5.10 Å². The molecular formula is C19H31N7O3. The van der Waals surface area contributed by atoms with E-state index in [9.17, 15) is 4.79 Å². The summed E-state index contributed by atoms with van der Waals surface area (Å²) in [4.78, 5) is 21.5. The molecular weight excluding hydrogens is 374 g/mol. The highest BCUT2D eigenvalue weighted by molar-refractivity contribution is 5.82. The van der Waals surface area contributed by atoms with Crippen LogP contribution in [0.25, 0.3) is 11.2 Å². The molecule has 0 unspecified atom stereocenters. The Morgan fingerprint density at radius 1 is 1.24 bits per heavy atom. The van der Waals surface area contributed by atoms with E-state index in [0.29, 0.717) is 22.4 Å². The number of nitrogens with one attached hydrogen (secondary N) is 1. The fraction of sp³-hybridized carbons (Fsp3) is 0.684. The number of nitrogens with two attached hydrogens (primary N) is 2. The van der Waals surface area contributed by atoms with Gasteiger partial charge in [0.05, 0.1) is 12.3 Å². The first-order valence-electron chi connectivity index (χ1n) is 9.88. The number of carbonyl (C=O) groups excluding carboxylic acids is 1. The van der Waals surface area contributed by atoms with Gasteiger partial charge in [0, 0.05) is 19.7 Å². The number of hydrogen-bond acceptors (Lipinski definition) is 8. The maximum absolute atomic E-state index is 10.0. The third-order valence-electron chi connectivity index (χ3n) is 5.28. The Kier molecular flexibility index (Phi) is 5.83. The molecule has 0 aromatic carbocycles. The number of piperidine rings is 1. The molecule has 0 radical (unpaired) electrons. The average Bonchev–Trinajstić information content (AvgIpc) is 3.21. The highest BCUT2D eigenvalue weighted by atomic mass is 16.6. The van der Waals surface area contributed by atoms with Crippen molar-refractivity contribution < 1.29 is 14.3 Å². The van der Waals surface area contributed by atoms with Crippen LogP contribution in [-0.2, 0) is 9.47 Å². The summed E-state index contributed by atoms with van der Waals surface area (Å²) >= 11 is 0. The van der Waals surface area contributed by atoms with Crippen molar-refractivity contribution in [3.05, 3.63) is 5.69 Å². The molecule has 2 aromatic heterocycles. The van der Waals surface area contributed by atoms with Crippen LogP contribution < -0.4 is 16.4 Å². The van der Waals surface area contributed by atoms with Gasteiger partial charge in [0.1, 0.15) is 11.4 Å². The van der Waals surface area contributed by atoms with Crippen LogP contribution in [0.15, 0.2) is 0 Å². The molecule has 160 valence electrons. The first-order chi connectivity index (χ1) is 13.6. The number of anilines is 2. The summed E-state index contributed by atoms with van der Waals surface area (Å²) in [7, 11) is 0. The lowest BCUT2D eigenvalue weighted by Gasteiger charge is -2.39. The fourth-order valence-electron chi connectivity index (χ4n) is 3.76. The predicted octanol–water partition coefficient (Wildman–Crippen LogP) is 2.13. The van der Waals surface area contributed by atoms with Crippen molar-refractivity contribution in [3.8, 4) is 0 Å². The third-order valence-corrected chi connectivity index (χ3v) is 5.28. The molecule has 1 amide bonds. The van der Waals surface area contributed by atoms with Gasteiger partial charge in [0.15, 0.2) is 11.3 Å². The summed E-state index contributed by atoms with van der Waals surface area (Å²) in [6.45, 7) is 11.1. The monoisotopic (exact) mass is 405 g/mol. The van der Waals surface area contributed by atoms with Gasteiger partial charge in [0.2, 0.25) is 5.65 Å². The second-order valence-electron chi connectivity index (χ2n) is 8.77. The quantitative estimate of drug-likeness (QED) is 0.654. The van der Waals surface area contributed by atoms with E-state index >= 15 is 0 Å². The summed E-state index contributed by atoms with van der Waals surface area (Å²) in [6, 6.07) is 0. The van der Waals surface area contributed by atoms with Gasteiger partial charge >= 0.3 is 6.09 Å². The lowest BCUT2D eigenvalue weighted by molar-refractivity contribution is 0.0600. The van der Waals surface area contributed by atoms with E-state index in [2.05, 4.69) is 29.8 Å². The Morgan fingerprint density at radius 3 is 2.45 bits per heavy atom. The van der Waals surface area contributed by atoms with Crippen molar-refractivity contribution in [2.24, 2.45) is 11.1 Å². The molecule has 2 aliphatic rings. The summed E-state index contributed by atoms with van der Waals surface area (Å²) in [5, 5.41) is 6.86. The summed E-state index contributed by atoms with van der Waals surface area (Å²) in [5.41, 5.74) is 12.6. The molecule has 2 aliphatic heterocycles. The number of fused-ring (bicyclic) bond motifs is 1. The summed E-state index contributed by atoms with van der Waals surface area (Å²) < 4.78 is 10.2. The van der Waals surface area contributed by atoms with Crippen LogP contribution in [0.3, 0.4) is 0 Å². The van der Waals surface area contributed by atoms with E-state index in [0.717, 1.165) is 50.7 Å². The van der Waals surface area contributed by atoms with E-state index in [4.69, 9.17) is 16.2 Å². The molecule has 2 saturated heterocycles. The molecule has 5 N–H and O–H groups in total. The average molecular weight is 406 g/mol. The molecule has 10 heteroatoms. The maximum Gasteiger partial charge on any atom is 0.405 e. The van der Waals surface area contributed by atoms with Gasteiger partial charge in [0.25, 0.3) is 0 Å². The molecule has 2 aromatic rings. The molecule has 0 saturated carbocycles. The van der Waals surface area contributed by atoms with Crippen LogP contribution in [0.5, 0.6) is 0 Å². The van der Waals surface area contributed by atoms with E-state index in [1.165, 1.54) is 6.42 Å².